The summed E-state index contributed by atoms with van der Waals surface area (Å²) in [6.45, 7) is 2.00. The number of benzene rings is 2. The molecule has 0 spiro atoms. The van der Waals surface area contributed by atoms with Crippen LogP contribution < -0.4 is 10.6 Å². The molecule has 0 aliphatic heterocycles. The number of hydrogen-bond acceptors (Lipinski definition) is 6. The molecule has 0 fully saturated rings. The van der Waals surface area contributed by atoms with Crippen molar-refractivity contribution in [1.29, 1.82) is 0 Å². The second kappa shape index (κ2) is 8.50. The first-order chi connectivity index (χ1) is 14.2. The summed E-state index contributed by atoms with van der Waals surface area (Å²) in [7, 11) is 0. The van der Waals surface area contributed by atoms with Crippen LogP contribution in [0.15, 0.2) is 85.3 Å². The first-order valence-electron chi connectivity index (χ1n) is 9.30. The molecule has 0 saturated carbocycles. The van der Waals surface area contributed by atoms with Crippen molar-refractivity contribution < 1.29 is 5.11 Å². The van der Waals surface area contributed by atoms with Crippen molar-refractivity contribution in [2.45, 2.75) is 13.2 Å². The molecule has 0 amide bonds. The number of hydrogen-bond donors (Lipinski definition) is 3. The highest BCUT2D eigenvalue weighted by molar-refractivity contribution is 5.67. The maximum atomic E-state index is 10.4. The highest BCUT2D eigenvalue weighted by Gasteiger charge is 2.09. The molecule has 0 aliphatic carbocycles. The summed E-state index contributed by atoms with van der Waals surface area (Å²) in [6, 6.07) is 21.0. The molecule has 1 atom stereocenters. The van der Waals surface area contributed by atoms with Gasteiger partial charge in [-0.1, -0.05) is 36.4 Å². The summed E-state index contributed by atoms with van der Waals surface area (Å²) in [5, 5.41) is 16.8. The molecule has 2 aromatic heterocycles. The molecule has 1 unspecified atom stereocenters. The second-order valence-electron chi connectivity index (χ2n) is 6.62. The lowest BCUT2D eigenvalue weighted by molar-refractivity contribution is 0.208. The number of pyridine rings is 1. The predicted octanol–water partition coefficient (Wildman–Crippen LogP) is 4.69. The number of aliphatic hydroxyl groups excluding tert-OH is 1. The van der Waals surface area contributed by atoms with Gasteiger partial charge in [0, 0.05) is 41.1 Å². The molecule has 4 aromatic rings. The predicted molar refractivity (Wildman–Crippen MR) is 115 cm³/mol. The SMILES string of the molecule is Cc1ccc(NC(O)c2ccccc2)cc1Nc1nccc(-c2cccnc2)n1. The van der Waals surface area contributed by atoms with Crippen LogP contribution >= 0.6 is 0 Å². The maximum Gasteiger partial charge on any atom is 0.227 e. The molecule has 4 rings (SSSR count). The summed E-state index contributed by atoms with van der Waals surface area (Å²) >= 11 is 0. The van der Waals surface area contributed by atoms with Crippen molar-refractivity contribution in [3.63, 3.8) is 0 Å². The van der Waals surface area contributed by atoms with Gasteiger partial charge >= 0.3 is 0 Å². The third-order valence-electron chi connectivity index (χ3n) is 4.52. The van der Waals surface area contributed by atoms with E-state index in [1.54, 1.807) is 18.6 Å². The Hall–Kier alpha value is -3.77. The molecular weight excluding hydrogens is 362 g/mol. The van der Waals surface area contributed by atoms with Gasteiger partial charge in [-0.25, -0.2) is 9.97 Å². The van der Waals surface area contributed by atoms with Crippen molar-refractivity contribution >= 4 is 17.3 Å². The number of nitrogens with zero attached hydrogens (tertiary/aromatic N) is 3. The number of aryl methyl sites for hydroxylation is 1. The van der Waals surface area contributed by atoms with Gasteiger partial charge in [-0.05, 0) is 42.8 Å². The van der Waals surface area contributed by atoms with Crippen LogP contribution in [0.3, 0.4) is 0 Å². The third kappa shape index (κ3) is 4.56. The van der Waals surface area contributed by atoms with Crippen molar-refractivity contribution in [3.05, 3.63) is 96.4 Å². The minimum absolute atomic E-state index is 0.496. The van der Waals surface area contributed by atoms with Crippen molar-refractivity contribution in [2.24, 2.45) is 0 Å². The Balaban J connectivity index is 1.54. The summed E-state index contributed by atoms with van der Waals surface area (Å²) in [5.74, 6) is 0.496. The van der Waals surface area contributed by atoms with Crippen LogP contribution in [0.5, 0.6) is 0 Å². The van der Waals surface area contributed by atoms with Gasteiger partial charge < -0.3 is 15.7 Å². The Morgan fingerprint density at radius 2 is 1.79 bits per heavy atom. The smallest absolute Gasteiger partial charge is 0.227 e. The summed E-state index contributed by atoms with van der Waals surface area (Å²) in [6.07, 6.45) is 4.42. The van der Waals surface area contributed by atoms with Gasteiger partial charge in [0.25, 0.3) is 0 Å². The van der Waals surface area contributed by atoms with E-state index >= 15 is 0 Å². The standard InChI is InChI=1S/C23H21N5O/c1-16-9-10-19(26-22(29)17-6-3-2-4-7-17)14-21(16)28-23-25-13-11-20(27-23)18-8-5-12-24-15-18/h2-15,22,26,29H,1H3,(H,25,27,28). The highest BCUT2D eigenvalue weighted by Crippen LogP contribution is 2.26. The first kappa shape index (κ1) is 18.6. The summed E-state index contributed by atoms with van der Waals surface area (Å²) < 4.78 is 0. The fraction of sp³-hybridized carbons (Fsp3) is 0.0870. The van der Waals surface area contributed by atoms with Crippen LogP contribution in [-0.2, 0) is 0 Å². The van der Waals surface area contributed by atoms with E-state index in [2.05, 4.69) is 25.6 Å². The van der Waals surface area contributed by atoms with Crippen LogP contribution in [0.2, 0.25) is 0 Å². The molecule has 2 aromatic carbocycles. The van der Waals surface area contributed by atoms with Crippen LogP contribution in [0.1, 0.15) is 17.4 Å². The minimum atomic E-state index is -0.795. The molecular formula is C23H21N5O. The van der Waals surface area contributed by atoms with E-state index in [0.29, 0.717) is 5.95 Å². The Kier molecular flexibility index (Phi) is 5.45. The lowest BCUT2D eigenvalue weighted by Gasteiger charge is -2.16. The molecule has 0 radical (unpaired) electrons. The van der Waals surface area contributed by atoms with E-state index < -0.39 is 6.23 Å². The third-order valence-corrected chi connectivity index (χ3v) is 4.52. The fourth-order valence-corrected chi connectivity index (χ4v) is 2.94. The van der Waals surface area contributed by atoms with Gasteiger partial charge in [0.1, 0.15) is 0 Å². The molecule has 2 heterocycles. The molecule has 144 valence electrons. The van der Waals surface area contributed by atoms with Crippen LogP contribution in [0.4, 0.5) is 17.3 Å². The maximum absolute atomic E-state index is 10.4. The molecule has 6 heteroatoms. The van der Waals surface area contributed by atoms with Crippen LogP contribution in [0, 0.1) is 6.92 Å². The van der Waals surface area contributed by atoms with Gasteiger partial charge in [-0.15, -0.1) is 0 Å². The quantitative estimate of drug-likeness (QED) is 0.419. The van der Waals surface area contributed by atoms with E-state index in [1.807, 2.05) is 73.7 Å². The Bertz CT molecular complexity index is 1090. The van der Waals surface area contributed by atoms with Crippen molar-refractivity contribution in [3.8, 4) is 11.3 Å². The average Bonchev–Trinajstić information content (AvgIpc) is 2.77. The molecule has 6 nitrogen and oxygen atoms in total. The average molecular weight is 383 g/mol. The van der Waals surface area contributed by atoms with Gasteiger partial charge in [0.15, 0.2) is 6.23 Å². The molecule has 0 bridgehead atoms. The summed E-state index contributed by atoms with van der Waals surface area (Å²) in [5.41, 5.74) is 5.21. The molecule has 0 aliphatic rings. The zero-order valence-corrected chi connectivity index (χ0v) is 15.9. The number of aliphatic hydroxyl groups is 1. The Morgan fingerprint density at radius 3 is 2.59 bits per heavy atom. The van der Waals surface area contributed by atoms with Crippen molar-refractivity contribution in [2.75, 3.05) is 10.6 Å². The number of aromatic nitrogens is 3. The van der Waals surface area contributed by atoms with E-state index in [4.69, 9.17) is 0 Å². The van der Waals surface area contributed by atoms with Gasteiger partial charge in [-0.3, -0.25) is 4.98 Å². The van der Waals surface area contributed by atoms with Gasteiger partial charge in [0.05, 0.1) is 5.69 Å². The Morgan fingerprint density at radius 1 is 0.931 bits per heavy atom. The lowest BCUT2D eigenvalue weighted by atomic mass is 10.1. The fourth-order valence-electron chi connectivity index (χ4n) is 2.94. The lowest BCUT2D eigenvalue weighted by Crippen LogP contribution is -2.10. The van der Waals surface area contributed by atoms with Gasteiger partial charge in [0.2, 0.25) is 5.95 Å². The number of nitrogens with one attached hydrogen (secondary N) is 2. The van der Waals surface area contributed by atoms with E-state index in [-0.39, 0.29) is 0 Å². The van der Waals surface area contributed by atoms with Crippen LogP contribution in [-0.4, -0.2) is 20.1 Å². The van der Waals surface area contributed by atoms with E-state index in [9.17, 15) is 5.11 Å². The molecule has 3 N–H and O–H groups in total. The Labute approximate surface area is 169 Å². The molecule has 29 heavy (non-hydrogen) atoms. The first-order valence-corrected chi connectivity index (χ1v) is 9.30. The topological polar surface area (TPSA) is 83.0 Å². The van der Waals surface area contributed by atoms with E-state index in [1.165, 1.54) is 0 Å². The number of rotatable bonds is 6. The zero-order valence-electron chi connectivity index (χ0n) is 15.9. The van der Waals surface area contributed by atoms with Gasteiger partial charge in [-0.2, -0.15) is 0 Å². The monoisotopic (exact) mass is 383 g/mol. The minimum Gasteiger partial charge on any atom is -0.369 e. The highest BCUT2D eigenvalue weighted by atomic mass is 16.3. The summed E-state index contributed by atoms with van der Waals surface area (Å²) in [4.78, 5) is 13.1. The normalized spacial score (nSPS) is 11.7. The zero-order chi connectivity index (χ0) is 20.1. The second-order valence-corrected chi connectivity index (χ2v) is 6.62. The van der Waals surface area contributed by atoms with E-state index in [0.717, 1.165) is 33.8 Å². The molecule has 0 saturated heterocycles. The van der Waals surface area contributed by atoms with Crippen molar-refractivity contribution in [1.82, 2.24) is 15.0 Å². The number of anilines is 3. The van der Waals surface area contributed by atoms with Crippen LogP contribution in [0.25, 0.3) is 11.3 Å². The largest absolute Gasteiger partial charge is 0.369 e.